The van der Waals surface area contributed by atoms with Gasteiger partial charge in [0.05, 0.1) is 0 Å². The van der Waals surface area contributed by atoms with Crippen molar-refractivity contribution >= 4 is 5.65 Å². The first kappa shape index (κ1) is 21.7. The van der Waals surface area contributed by atoms with Crippen LogP contribution in [0.3, 0.4) is 0 Å². The molecule has 4 aromatic rings. The van der Waals surface area contributed by atoms with E-state index in [1.165, 1.54) is 35.0 Å². The van der Waals surface area contributed by atoms with Gasteiger partial charge in [0.1, 0.15) is 17.9 Å². The first-order valence-electron chi connectivity index (χ1n) is 9.70. The molecule has 0 fully saturated rings. The summed E-state index contributed by atoms with van der Waals surface area (Å²) < 4.78 is 68.7. The molecule has 0 aliphatic heterocycles. The highest BCUT2D eigenvalue weighted by Crippen LogP contribution is 2.40. The Morgan fingerprint density at radius 1 is 1.06 bits per heavy atom. The summed E-state index contributed by atoms with van der Waals surface area (Å²) in [5, 5.41) is 7.53. The summed E-state index contributed by atoms with van der Waals surface area (Å²) in [6.45, 7) is 3.92. The molecule has 0 saturated heterocycles. The number of rotatable bonds is 6. The second kappa shape index (κ2) is 8.54. The molecule has 4 rings (SSSR count). The smallest absolute Gasteiger partial charge is 0.420 e. The van der Waals surface area contributed by atoms with Crippen LogP contribution in [0.25, 0.3) is 16.8 Å². The number of nitrogens with zero attached hydrogens (tertiary/aromatic N) is 4. The maximum atomic E-state index is 14.7. The molecule has 3 heterocycles. The number of alkyl halides is 3. The van der Waals surface area contributed by atoms with E-state index in [1.807, 2.05) is 0 Å². The van der Waals surface area contributed by atoms with Crippen LogP contribution in [-0.2, 0) is 17.5 Å². The molecule has 3 aromatic heterocycles. The van der Waals surface area contributed by atoms with Gasteiger partial charge in [0.2, 0.25) is 0 Å². The minimum absolute atomic E-state index is 0.0173. The van der Waals surface area contributed by atoms with Gasteiger partial charge in [-0.25, -0.2) is 4.39 Å². The normalized spacial score (nSPS) is 11.8. The van der Waals surface area contributed by atoms with Crippen LogP contribution in [0.2, 0.25) is 0 Å². The van der Waals surface area contributed by atoms with E-state index in [9.17, 15) is 17.6 Å². The minimum atomic E-state index is -4.74. The van der Waals surface area contributed by atoms with Gasteiger partial charge >= 0.3 is 6.18 Å². The molecule has 6 nitrogen and oxygen atoms in total. The number of ether oxygens (including phenoxy) is 2. The van der Waals surface area contributed by atoms with E-state index < -0.39 is 17.6 Å². The lowest BCUT2D eigenvalue weighted by atomic mass is 10.0. The SMILES string of the molecule is CCOCc1nnc2c(C(F)(F)F)c(-c3ccc(Oc4ccnc(C)c4)c(F)c3)ccn12. The predicted molar refractivity (Wildman–Crippen MR) is 108 cm³/mol. The van der Waals surface area contributed by atoms with Gasteiger partial charge in [0, 0.05) is 30.8 Å². The van der Waals surface area contributed by atoms with Crippen molar-refractivity contribution in [2.45, 2.75) is 26.6 Å². The van der Waals surface area contributed by atoms with Crippen LogP contribution in [0.4, 0.5) is 17.6 Å². The van der Waals surface area contributed by atoms with E-state index in [1.54, 1.807) is 26.0 Å². The number of hydrogen-bond donors (Lipinski definition) is 0. The van der Waals surface area contributed by atoms with Crippen molar-refractivity contribution in [3.05, 3.63) is 71.7 Å². The van der Waals surface area contributed by atoms with E-state index in [0.29, 0.717) is 18.1 Å². The zero-order valence-corrected chi connectivity index (χ0v) is 17.2. The third-order valence-corrected chi connectivity index (χ3v) is 4.71. The lowest BCUT2D eigenvalue weighted by molar-refractivity contribution is -0.136. The molecule has 0 aliphatic carbocycles. The number of benzene rings is 1. The van der Waals surface area contributed by atoms with Gasteiger partial charge in [-0.15, -0.1) is 10.2 Å². The van der Waals surface area contributed by atoms with E-state index in [-0.39, 0.29) is 35.0 Å². The summed E-state index contributed by atoms with van der Waals surface area (Å²) in [5.74, 6) is -0.313. The fraction of sp³-hybridized carbons (Fsp3) is 0.227. The summed E-state index contributed by atoms with van der Waals surface area (Å²) in [7, 11) is 0. The molecule has 0 radical (unpaired) electrons. The Morgan fingerprint density at radius 3 is 2.56 bits per heavy atom. The molecule has 0 amide bonds. The highest BCUT2D eigenvalue weighted by atomic mass is 19.4. The van der Waals surface area contributed by atoms with Crippen LogP contribution >= 0.6 is 0 Å². The summed E-state index contributed by atoms with van der Waals surface area (Å²) >= 11 is 0. The largest absolute Gasteiger partial charge is 0.454 e. The van der Waals surface area contributed by atoms with Crippen LogP contribution in [0.5, 0.6) is 11.5 Å². The molecule has 0 aliphatic rings. The first-order valence-corrected chi connectivity index (χ1v) is 9.70. The lowest BCUT2D eigenvalue weighted by Crippen LogP contribution is -2.11. The van der Waals surface area contributed by atoms with Crippen LogP contribution in [0, 0.1) is 12.7 Å². The van der Waals surface area contributed by atoms with Crippen LogP contribution in [-0.4, -0.2) is 26.2 Å². The Bertz CT molecular complexity index is 1270. The zero-order chi connectivity index (χ0) is 22.9. The first-order chi connectivity index (χ1) is 15.3. The molecular weight excluding hydrogens is 428 g/mol. The molecule has 0 saturated carbocycles. The van der Waals surface area contributed by atoms with Crippen molar-refractivity contribution in [2.75, 3.05) is 6.61 Å². The average molecular weight is 446 g/mol. The van der Waals surface area contributed by atoms with Crippen LogP contribution in [0.1, 0.15) is 24.0 Å². The van der Waals surface area contributed by atoms with E-state index in [4.69, 9.17) is 9.47 Å². The zero-order valence-electron chi connectivity index (χ0n) is 17.2. The highest BCUT2D eigenvalue weighted by molar-refractivity contribution is 5.75. The van der Waals surface area contributed by atoms with Crippen molar-refractivity contribution in [1.82, 2.24) is 19.6 Å². The maximum absolute atomic E-state index is 14.7. The number of hydrogen-bond acceptors (Lipinski definition) is 5. The quantitative estimate of drug-likeness (QED) is 0.362. The number of pyridine rings is 2. The Hall–Kier alpha value is -3.53. The highest BCUT2D eigenvalue weighted by Gasteiger charge is 2.38. The molecule has 10 heteroatoms. The van der Waals surface area contributed by atoms with Crippen LogP contribution in [0.15, 0.2) is 48.8 Å². The molecular formula is C22H18F4N4O2. The Kier molecular flexibility index (Phi) is 5.79. The summed E-state index contributed by atoms with van der Waals surface area (Å²) in [5.41, 5.74) is -0.888. The number of aryl methyl sites for hydroxylation is 1. The van der Waals surface area contributed by atoms with Gasteiger partial charge in [-0.2, -0.15) is 13.2 Å². The summed E-state index contributed by atoms with van der Waals surface area (Å²) in [4.78, 5) is 4.03. The van der Waals surface area contributed by atoms with Crippen molar-refractivity contribution in [1.29, 1.82) is 0 Å². The number of fused-ring (bicyclic) bond motifs is 1. The van der Waals surface area contributed by atoms with E-state index in [2.05, 4.69) is 15.2 Å². The monoisotopic (exact) mass is 446 g/mol. The van der Waals surface area contributed by atoms with Crippen LogP contribution < -0.4 is 4.74 Å². The molecule has 166 valence electrons. The molecule has 0 atom stereocenters. The van der Waals surface area contributed by atoms with Crippen molar-refractivity contribution in [3.63, 3.8) is 0 Å². The van der Waals surface area contributed by atoms with Gasteiger partial charge < -0.3 is 9.47 Å². The van der Waals surface area contributed by atoms with Gasteiger partial charge in [0.25, 0.3) is 0 Å². The standard InChI is InChI=1S/C22H18F4N4O2/c1-3-31-12-19-28-29-21-20(22(24,25)26)16(7-9-30(19)21)14-4-5-18(17(23)11-14)32-15-6-8-27-13(2)10-15/h4-11H,3,12H2,1-2H3. The van der Waals surface area contributed by atoms with Crippen molar-refractivity contribution < 1.29 is 27.0 Å². The van der Waals surface area contributed by atoms with Gasteiger partial charge in [-0.1, -0.05) is 6.07 Å². The summed E-state index contributed by atoms with van der Waals surface area (Å²) in [6, 6.07) is 8.09. The Labute approximate surface area is 180 Å². The lowest BCUT2D eigenvalue weighted by Gasteiger charge is -2.15. The summed E-state index contributed by atoms with van der Waals surface area (Å²) in [6.07, 6.45) is -1.82. The fourth-order valence-electron chi connectivity index (χ4n) is 3.28. The van der Waals surface area contributed by atoms with Crippen molar-refractivity contribution in [3.8, 4) is 22.6 Å². The van der Waals surface area contributed by atoms with E-state index >= 15 is 0 Å². The van der Waals surface area contributed by atoms with E-state index in [0.717, 1.165) is 6.07 Å². The van der Waals surface area contributed by atoms with Gasteiger partial charge in [0.15, 0.2) is 23.0 Å². The minimum Gasteiger partial charge on any atom is -0.454 e. The second-order valence-electron chi connectivity index (χ2n) is 6.93. The Balaban J connectivity index is 1.76. The molecule has 0 N–H and O–H groups in total. The molecule has 32 heavy (non-hydrogen) atoms. The molecule has 0 bridgehead atoms. The average Bonchev–Trinajstić information content (AvgIpc) is 3.15. The molecule has 1 aromatic carbocycles. The third-order valence-electron chi connectivity index (χ3n) is 4.71. The topological polar surface area (TPSA) is 61.5 Å². The van der Waals surface area contributed by atoms with Gasteiger partial charge in [-0.05, 0) is 49.2 Å². The third kappa shape index (κ3) is 4.26. The van der Waals surface area contributed by atoms with Crippen molar-refractivity contribution in [2.24, 2.45) is 0 Å². The predicted octanol–water partition coefficient (Wildman–Crippen LogP) is 5.59. The molecule has 0 unspecified atom stereocenters. The Morgan fingerprint density at radius 2 is 1.88 bits per heavy atom. The second-order valence-corrected chi connectivity index (χ2v) is 6.93. The van der Waals surface area contributed by atoms with Gasteiger partial charge in [-0.3, -0.25) is 9.38 Å². The maximum Gasteiger partial charge on any atom is 0.420 e. The number of aromatic nitrogens is 4. The molecule has 0 spiro atoms. The number of halogens is 4. The fourth-order valence-corrected chi connectivity index (χ4v) is 3.28.